The highest BCUT2D eigenvalue weighted by molar-refractivity contribution is 6.03. The maximum absolute atomic E-state index is 12.8. The third-order valence-corrected chi connectivity index (χ3v) is 2.75. The summed E-state index contributed by atoms with van der Waals surface area (Å²) >= 11 is 0. The number of halogens is 1. The van der Waals surface area contributed by atoms with Gasteiger partial charge in [-0.25, -0.2) is 4.39 Å². The van der Waals surface area contributed by atoms with Gasteiger partial charge in [0.1, 0.15) is 11.9 Å². The van der Waals surface area contributed by atoms with Gasteiger partial charge < -0.3 is 10.5 Å². The molecule has 1 aliphatic rings. The van der Waals surface area contributed by atoms with Crippen LogP contribution >= 0.6 is 0 Å². The van der Waals surface area contributed by atoms with Gasteiger partial charge in [0.2, 0.25) is 0 Å². The summed E-state index contributed by atoms with van der Waals surface area (Å²) < 4.78 is 18.2. The van der Waals surface area contributed by atoms with Gasteiger partial charge in [-0.05, 0) is 37.5 Å². The number of carbonyl (C=O) groups is 1. The zero-order chi connectivity index (χ0) is 11.5. The minimum absolute atomic E-state index is 0.141. The molecule has 0 radical (unpaired) electrons. The number of hydrogen-bond donors (Lipinski definition) is 1. The number of nitrogens with two attached hydrogens (primary N) is 1. The number of rotatable bonds is 2. The second-order valence-electron chi connectivity index (χ2n) is 3.95. The molecule has 0 saturated carbocycles. The molecule has 0 amide bonds. The van der Waals surface area contributed by atoms with Crippen LogP contribution in [0.25, 0.3) is 0 Å². The number of hydrogen-bond acceptors (Lipinski definition) is 3. The molecule has 16 heavy (non-hydrogen) atoms. The Kier molecular flexibility index (Phi) is 3.19. The van der Waals surface area contributed by atoms with Crippen molar-refractivity contribution in [2.24, 2.45) is 0 Å². The van der Waals surface area contributed by atoms with Crippen LogP contribution in [0.15, 0.2) is 18.2 Å². The topological polar surface area (TPSA) is 52.3 Å². The molecule has 4 heteroatoms. The lowest BCUT2D eigenvalue weighted by atomic mass is 9.99. The van der Waals surface area contributed by atoms with Crippen LogP contribution in [-0.4, -0.2) is 18.5 Å². The van der Waals surface area contributed by atoms with E-state index in [9.17, 15) is 9.18 Å². The predicted molar refractivity (Wildman–Crippen MR) is 58.7 cm³/mol. The third-order valence-electron chi connectivity index (χ3n) is 2.75. The zero-order valence-electron chi connectivity index (χ0n) is 8.91. The van der Waals surface area contributed by atoms with E-state index in [1.54, 1.807) is 0 Å². The molecule has 3 nitrogen and oxygen atoms in total. The summed E-state index contributed by atoms with van der Waals surface area (Å²) in [5.74, 6) is -0.573. The van der Waals surface area contributed by atoms with Gasteiger partial charge >= 0.3 is 0 Å². The lowest BCUT2D eigenvalue weighted by Crippen LogP contribution is -2.28. The van der Waals surface area contributed by atoms with Crippen LogP contribution in [0.4, 0.5) is 10.1 Å². The SMILES string of the molecule is Nc1cc(F)ccc1C(=O)C1CCCCO1. The van der Waals surface area contributed by atoms with E-state index in [1.165, 1.54) is 12.1 Å². The van der Waals surface area contributed by atoms with E-state index in [0.717, 1.165) is 25.3 Å². The van der Waals surface area contributed by atoms with Crippen molar-refractivity contribution in [3.05, 3.63) is 29.6 Å². The average Bonchev–Trinajstić information content (AvgIpc) is 2.29. The van der Waals surface area contributed by atoms with Gasteiger partial charge in [-0.15, -0.1) is 0 Å². The summed E-state index contributed by atoms with van der Waals surface area (Å²) in [6.07, 6.45) is 2.28. The fourth-order valence-corrected chi connectivity index (χ4v) is 1.88. The first kappa shape index (κ1) is 11.1. The molecule has 1 aromatic carbocycles. The minimum Gasteiger partial charge on any atom is -0.398 e. The molecular formula is C12H14FNO2. The Hall–Kier alpha value is -1.42. The first-order valence-electron chi connectivity index (χ1n) is 5.39. The smallest absolute Gasteiger partial charge is 0.193 e. The highest BCUT2D eigenvalue weighted by Crippen LogP contribution is 2.21. The maximum atomic E-state index is 12.8. The van der Waals surface area contributed by atoms with E-state index in [1.807, 2.05) is 0 Å². The Morgan fingerprint density at radius 3 is 2.88 bits per heavy atom. The number of anilines is 1. The average molecular weight is 223 g/mol. The molecule has 1 atom stereocenters. The Balaban J connectivity index is 2.19. The molecular weight excluding hydrogens is 209 g/mol. The van der Waals surface area contributed by atoms with Crippen LogP contribution in [0.5, 0.6) is 0 Å². The number of ketones is 1. The first-order valence-corrected chi connectivity index (χ1v) is 5.39. The van der Waals surface area contributed by atoms with Gasteiger partial charge in [0.25, 0.3) is 0 Å². The summed E-state index contributed by atoms with van der Waals surface area (Å²) in [6, 6.07) is 3.83. The van der Waals surface area contributed by atoms with Crippen LogP contribution in [0.3, 0.4) is 0 Å². The van der Waals surface area contributed by atoms with Gasteiger partial charge in [-0.3, -0.25) is 4.79 Å². The normalized spacial score (nSPS) is 20.7. The van der Waals surface area contributed by atoms with E-state index >= 15 is 0 Å². The third kappa shape index (κ3) is 2.22. The monoisotopic (exact) mass is 223 g/mol. The molecule has 0 aliphatic carbocycles. The van der Waals surface area contributed by atoms with Crippen molar-refractivity contribution in [3.8, 4) is 0 Å². The van der Waals surface area contributed by atoms with Crippen molar-refractivity contribution in [2.45, 2.75) is 25.4 Å². The molecule has 1 fully saturated rings. The molecule has 1 aliphatic heterocycles. The van der Waals surface area contributed by atoms with Crippen molar-refractivity contribution in [2.75, 3.05) is 12.3 Å². The number of benzene rings is 1. The largest absolute Gasteiger partial charge is 0.398 e. The Labute approximate surface area is 93.4 Å². The molecule has 1 saturated heterocycles. The number of carbonyl (C=O) groups excluding carboxylic acids is 1. The lowest BCUT2D eigenvalue weighted by molar-refractivity contribution is 0.0187. The highest BCUT2D eigenvalue weighted by Gasteiger charge is 2.24. The molecule has 0 spiro atoms. The van der Waals surface area contributed by atoms with Gasteiger partial charge in [-0.1, -0.05) is 0 Å². The molecule has 0 bridgehead atoms. The molecule has 86 valence electrons. The summed E-state index contributed by atoms with van der Waals surface area (Å²) in [7, 11) is 0. The summed E-state index contributed by atoms with van der Waals surface area (Å²) in [5.41, 5.74) is 6.15. The van der Waals surface area contributed by atoms with Gasteiger partial charge in [-0.2, -0.15) is 0 Å². The quantitative estimate of drug-likeness (QED) is 0.617. The van der Waals surface area contributed by atoms with Crippen LogP contribution in [0.1, 0.15) is 29.6 Å². The fraction of sp³-hybridized carbons (Fsp3) is 0.417. The van der Waals surface area contributed by atoms with Crippen molar-refractivity contribution < 1.29 is 13.9 Å². The van der Waals surface area contributed by atoms with E-state index in [0.29, 0.717) is 12.2 Å². The van der Waals surface area contributed by atoms with Crippen LogP contribution in [0.2, 0.25) is 0 Å². The molecule has 2 rings (SSSR count). The maximum Gasteiger partial charge on any atom is 0.193 e. The second-order valence-corrected chi connectivity index (χ2v) is 3.95. The van der Waals surface area contributed by atoms with E-state index in [-0.39, 0.29) is 11.5 Å². The Bertz CT molecular complexity index is 400. The van der Waals surface area contributed by atoms with Crippen molar-refractivity contribution in [1.29, 1.82) is 0 Å². The molecule has 2 N–H and O–H groups in total. The van der Waals surface area contributed by atoms with Crippen LogP contribution < -0.4 is 5.73 Å². The van der Waals surface area contributed by atoms with Crippen LogP contribution in [0, 0.1) is 5.82 Å². The minimum atomic E-state index is -0.432. The van der Waals surface area contributed by atoms with Crippen LogP contribution in [-0.2, 0) is 4.74 Å². The Morgan fingerprint density at radius 2 is 2.25 bits per heavy atom. The molecule has 0 aromatic heterocycles. The standard InChI is InChI=1S/C12H14FNO2/c13-8-4-5-9(10(14)7-8)12(15)11-3-1-2-6-16-11/h4-5,7,11H,1-3,6,14H2. The summed E-state index contributed by atoms with van der Waals surface area (Å²) in [4.78, 5) is 12.0. The Morgan fingerprint density at radius 1 is 1.44 bits per heavy atom. The van der Waals surface area contributed by atoms with Crippen molar-refractivity contribution in [3.63, 3.8) is 0 Å². The van der Waals surface area contributed by atoms with E-state index in [2.05, 4.69) is 0 Å². The molecule has 1 unspecified atom stereocenters. The molecule has 1 aromatic rings. The molecule has 1 heterocycles. The van der Waals surface area contributed by atoms with Gasteiger partial charge in [0.05, 0.1) is 0 Å². The van der Waals surface area contributed by atoms with E-state index < -0.39 is 11.9 Å². The van der Waals surface area contributed by atoms with Gasteiger partial charge in [0, 0.05) is 17.9 Å². The number of ether oxygens (including phenoxy) is 1. The first-order chi connectivity index (χ1) is 7.68. The van der Waals surface area contributed by atoms with Gasteiger partial charge in [0.15, 0.2) is 5.78 Å². The summed E-state index contributed by atoms with van der Waals surface area (Å²) in [6.45, 7) is 0.609. The number of Topliss-reactive ketones (excluding diaryl/α,β-unsaturated/α-hetero) is 1. The highest BCUT2D eigenvalue weighted by atomic mass is 19.1. The number of nitrogen functional groups attached to an aromatic ring is 1. The zero-order valence-corrected chi connectivity index (χ0v) is 8.91. The summed E-state index contributed by atoms with van der Waals surface area (Å²) in [5, 5.41) is 0. The van der Waals surface area contributed by atoms with Crippen molar-refractivity contribution >= 4 is 11.5 Å². The predicted octanol–water partition coefficient (Wildman–Crippen LogP) is 2.16. The fourth-order valence-electron chi connectivity index (χ4n) is 1.88. The lowest BCUT2D eigenvalue weighted by Gasteiger charge is -2.21. The van der Waals surface area contributed by atoms with E-state index in [4.69, 9.17) is 10.5 Å². The van der Waals surface area contributed by atoms with Crippen molar-refractivity contribution in [1.82, 2.24) is 0 Å². The second kappa shape index (κ2) is 4.61.